The maximum atomic E-state index is 11.9. The summed E-state index contributed by atoms with van der Waals surface area (Å²) >= 11 is 0. The highest BCUT2D eigenvalue weighted by Crippen LogP contribution is 2.19. The number of hydrogen-bond acceptors (Lipinski definition) is 5. The fourth-order valence-electron chi connectivity index (χ4n) is 3.47. The lowest BCUT2D eigenvalue weighted by Gasteiger charge is -2.33. The number of aliphatic imine (C=N–C) groups is 1. The number of aryl methyl sites for hydroxylation is 1. The summed E-state index contributed by atoms with van der Waals surface area (Å²) in [5.74, 6) is 0.790. The van der Waals surface area contributed by atoms with Crippen LogP contribution in [-0.4, -0.2) is 67.1 Å². The van der Waals surface area contributed by atoms with Gasteiger partial charge in [0.15, 0.2) is 5.96 Å². The van der Waals surface area contributed by atoms with Crippen LogP contribution in [0.5, 0.6) is 0 Å². The van der Waals surface area contributed by atoms with Gasteiger partial charge in [0, 0.05) is 45.0 Å². The molecule has 1 N–H and O–H groups in total. The van der Waals surface area contributed by atoms with Crippen LogP contribution in [0.15, 0.2) is 4.99 Å². The van der Waals surface area contributed by atoms with Crippen molar-refractivity contribution in [2.45, 2.75) is 46.7 Å². The zero-order chi connectivity index (χ0) is 19.8. The smallest absolute Gasteiger partial charge is 0.309 e. The third-order valence-electron chi connectivity index (χ3n) is 5.09. The van der Waals surface area contributed by atoms with E-state index >= 15 is 0 Å². The maximum absolute atomic E-state index is 11.9. The highest BCUT2D eigenvalue weighted by molar-refractivity contribution is 5.80. The van der Waals surface area contributed by atoms with Crippen molar-refractivity contribution in [3.8, 4) is 0 Å². The lowest BCUT2D eigenvalue weighted by Crippen LogP contribution is -2.46. The molecule has 27 heavy (non-hydrogen) atoms. The average molecular weight is 380 g/mol. The van der Waals surface area contributed by atoms with E-state index in [1.807, 2.05) is 18.5 Å². The molecule has 1 fully saturated rings. The van der Waals surface area contributed by atoms with E-state index < -0.39 is 0 Å². The molecule has 0 amide bonds. The first kappa shape index (κ1) is 21.2. The summed E-state index contributed by atoms with van der Waals surface area (Å²) in [5.41, 5.74) is 3.36. The van der Waals surface area contributed by atoms with Gasteiger partial charge in [-0.2, -0.15) is 5.10 Å². The van der Waals surface area contributed by atoms with Crippen LogP contribution in [0.25, 0.3) is 0 Å². The number of carbonyl (C=O) groups is 1. The van der Waals surface area contributed by atoms with Crippen molar-refractivity contribution in [2.24, 2.45) is 10.9 Å². The lowest BCUT2D eigenvalue weighted by atomic mass is 9.97. The van der Waals surface area contributed by atoms with Gasteiger partial charge in [-0.1, -0.05) is 0 Å². The van der Waals surface area contributed by atoms with Crippen molar-refractivity contribution in [3.05, 3.63) is 17.0 Å². The second-order valence-corrected chi connectivity index (χ2v) is 6.78. The van der Waals surface area contributed by atoms with E-state index in [0.717, 1.165) is 49.8 Å². The molecule has 1 aromatic rings. The van der Waals surface area contributed by atoms with E-state index in [4.69, 9.17) is 9.47 Å². The van der Waals surface area contributed by atoms with Crippen molar-refractivity contribution in [2.75, 3.05) is 40.5 Å². The zero-order valence-corrected chi connectivity index (χ0v) is 17.2. The Morgan fingerprint density at radius 2 is 2.04 bits per heavy atom. The summed E-state index contributed by atoms with van der Waals surface area (Å²) < 4.78 is 12.3. The van der Waals surface area contributed by atoms with Crippen molar-refractivity contribution >= 4 is 11.9 Å². The van der Waals surface area contributed by atoms with E-state index in [2.05, 4.69) is 27.2 Å². The van der Waals surface area contributed by atoms with Crippen molar-refractivity contribution in [1.29, 1.82) is 0 Å². The van der Waals surface area contributed by atoms with Crippen molar-refractivity contribution in [3.63, 3.8) is 0 Å². The molecule has 0 atom stereocenters. The Hall–Kier alpha value is -2.09. The normalized spacial score (nSPS) is 15.9. The molecule has 1 saturated heterocycles. The Balaban J connectivity index is 1.92. The third-order valence-corrected chi connectivity index (χ3v) is 5.09. The summed E-state index contributed by atoms with van der Waals surface area (Å²) in [4.78, 5) is 18.5. The van der Waals surface area contributed by atoms with E-state index in [9.17, 15) is 4.79 Å². The zero-order valence-electron chi connectivity index (χ0n) is 17.2. The minimum Gasteiger partial charge on any atom is -0.466 e. The molecule has 0 radical (unpaired) electrons. The van der Waals surface area contributed by atoms with Crippen LogP contribution < -0.4 is 5.32 Å². The predicted molar refractivity (Wildman–Crippen MR) is 105 cm³/mol. The van der Waals surface area contributed by atoms with Crippen molar-refractivity contribution < 1.29 is 14.3 Å². The number of carbonyl (C=O) groups excluding carboxylic acids is 1. The number of nitrogens with zero attached hydrogens (tertiary/aromatic N) is 4. The molecule has 8 nitrogen and oxygen atoms in total. The maximum Gasteiger partial charge on any atom is 0.309 e. The van der Waals surface area contributed by atoms with Crippen LogP contribution in [0.3, 0.4) is 0 Å². The fourth-order valence-corrected chi connectivity index (χ4v) is 3.47. The molecule has 0 spiro atoms. The van der Waals surface area contributed by atoms with Crippen LogP contribution in [0.1, 0.15) is 36.7 Å². The molecule has 0 unspecified atom stereocenters. The first-order valence-corrected chi connectivity index (χ1v) is 9.65. The molecular formula is C19H33N5O3. The van der Waals surface area contributed by atoms with Gasteiger partial charge < -0.3 is 19.7 Å². The second kappa shape index (κ2) is 10.3. The summed E-state index contributed by atoms with van der Waals surface area (Å²) in [7, 11) is 3.49. The minimum absolute atomic E-state index is 0.00260. The molecule has 8 heteroatoms. The molecule has 2 heterocycles. The van der Waals surface area contributed by atoms with Crippen LogP contribution in [0.4, 0.5) is 0 Å². The largest absolute Gasteiger partial charge is 0.466 e. The van der Waals surface area contributed by atoms with E-state index in [1.165, 1.54) is 5.56 Å². The summed E-state index contributed by atoms with van der Waals surface area (Å²) in [6, 6.07) is 0. The predicted octanol–water partition coefficient (Wildman–Crippen LogP) is 1.50. The lowest BCUT2D eigenvalue weighted by molar-refractivity contribution is -0.149. The minimum atomic E-state index is -0.0742. The highest BCUT2D eigenvalue weighted by atomic mass is 16.5. The van der Waals surface area contributed by atoms with E-state index in [1.54, 1.807) is 14.2 Å². The number of ether oxygens (including phenoxy) is 2. The number of guanidine groups is 1. The van der Waals surface area contributed by atoms with Gasteiger partial charge in [0.1, 0.15) is 0 Å². The average Bonchev–Trinajstić information content (AvgIpc) is 2.94. The SMILES string of the molecule is CCOC(=O)C1CCN(C(=NC)NCc2c(C)nn(CCOC)c2C)CC1. The van der Waals surface area contributed by atoms with Crippen LogP contribution in [-0.2, 0) is 27.4 Å². The van der Waals surface area contributed by atoms with E-state index in [-0.39, 0.29) is 11.9 Å². The molecule has 1 aromatic heterocycles. The Bertz CT molecular complexity index is 648. The van der Waals surface area contributed by atoms with Crippen LogP contribution in [0.2, 0.25) is 0 Å². The van der Waals surface area contributed by atoms with Crippen LogP contribution in [0, 0.1) is 19.8 Å². The Kier molecular flexibility index (Phi) is 8.09. The van der Waals surface area contributed by atoms with Crippen LogP contribution >= 0.6 is 0 Å². The number of esters is 1. The number of piperidine rings is 1. The van der Waals surface area contributed by atoms with Gasteiger partial charge in [0.2, 0.25) is 0 Å². The summed E-state index contributed by atoms with van der Waals surface area (Å²) in [5, 5.41) is 8.05. The molecule has 0 saturated carbocycles. The number of methoxy groups -OCH3 is 1. The van der Waals surface area contributed by atoms with Gasteiger partial charge in [0.05, 0.1) is 31.4 Å². The Morgan fingerprint density at radius 1 is 1.33 bits per heavy atom. The van der Waals surface area contributed by atoms with Gasteiger partial charge in [-0.15, -0.1) is 0 Å². The fraction of sp³-hybridized carbons (Fsp3) is 0.737. The number of hydrogen-bond donors (Lipinski definition) is 1. The first-order valence-electron chi connectivity index (χ1n) is 9.65. The Morgan fingerprint density at radius 3 is 2.63 bits per heavy atom. The molecule has 1 aliphatic heterocycles. The monoisotopic (exact) mass is 379 g/mol. The molecular weight excluding hydrogens is 346 g/mol. The number of nitrogens with one attached hydrogen (secondary N) is 1. The van der Waals surface area contributed by atoms with Gasteiger partial charge in [-0.05, 0) is 33.6 Å². The second-order valence-electron chi connectivity index (χ2n) is 6.78. The number of aromatic nitrogens is 2. The molecule has 0 aromatic carbocycles. The molecule has 0 aliphatic carbocycles. The van der Waals surface area contributed by atoms with E-state index in [0.29, 0.717) is 19.8 Å². The Labute approximate surface area is 161 Å². The molecule has 0 bridgehead atoms. The highest BCUT2D eigenvalue weighted by Gasteiger charge is 2.27. The topological polar surface area (TPSA) is 81.0 Å². The number of rotatable bonds is 7. The van der Waals surface area contributed by atoms with Crippen molar-refractivity contribution in [1.82, 2.24) is 20.0 Å². The quantitative estimate of drug-likeness (QED) is 0.439. The standard InChI is InChI=1S/C19H33N5O3/c1-6-27-18(25)16-7-9-23(10-8-16)19(20-4)21-13-17-14(2)22-24(15(17)3)11-12-26-5/h16H,6-13H2,1-5H3,(H,20,21). The third kappa shape index (κ3) is 5.45. The number of likely N-dealkylation sites (tertiary alicyclic amines) is 1. The van der Waals surface area contributed by atoms with Gasteiger partial charge in [0.25, 0.3) is 0 Å². The molecule has 152 valence electrons. The summed E-state index contributed by atoms with van der Waals surface area (Å²) in [6.45, 7) is 10.1. The van der Waals surface area contributed by atoms with Gasteiger partial charge in [-0.3, -0.25) is 14.5 Å². The first-order chi connectivity index (χ1) is 13.0. The molecule has 2 rings (SSSR count). The summed E-state index contributed by atoms with van der Waals surface area (Å²) in [6.07, 6.45) is 1.60. The van der Waals surface area contributed by atoms with Gasteiger partial charge >= 0.3 is 5.97 Å². The molecule has 1 aliphatic rings. The van der Waals surface area contributed by atoms with Gasteiger partial charge in [-0.25, -0.2) is 0 Å².